The van der Waals surface area contributed by atoms with Crippen molar-refractivity contribution in [2.24, 2.45) is 0 Å². The predicted molar refractivity (Wildman–Crippen MR) is 129 cm³/mol. The van der Waals surface area contributed by atoms with E-state index in [1.165, 1.54) is 23.7 Å². The zero-order valence-electron chi connectivity index (χ0n) is 18.6. The third-order valence-corrected chi connectivity index (χ3v) is 6.16. The maximum Gasteiger partial charge on any atom is 0.279 e. The molecule has 1 aliphatic rings. The number of carbonyl (C=O) groups excluding carboxylic acids is 1. The van der Waals surface area contributed by atoms with E-state index < -0.39 is 0 Å². The van der Waals surface area contributed by atoms with Gasteiger partial charge in [-0.25, -0.2) is 9.97 Å². The van der Waals surface area contributed by atoms with Crippen LogP contribution in [0, 0.1) is 0 Å². The molecule has 0 saturated carbocycles. The molecule has 1 atom stereocenters. The number of benzene rings is 2. The van der Waals surface area contributed by atoms with Crippen molar-refractivity contribution in [3.05, 3.63) is 66.5 Å². The number of amides is 1. The lowest BCUT2D eigenvalue weighted by molar-refractivity contribution is 0.262. The lowest BCUT2D eigenvalue weighted by Gasteiger charge is -2.18. The average Bonchev–Trinajstić information content (AvgIpc) is 3.25. The highest BCUT2D eigenvalue weighted by atomic mass is 32.2. The van der Waals surface area contributed by atoms with Gasteiger partial charge in [0.1, 0.15) is 36.0 Å². The fourth-order valence-corrected chi connectivity index (χ4v) is 4.22. The van der Waals surface area contributed by atoms with E-state index in [4.69, 9.17) is 14.2 Å². The van der Waals surface area contributed by atoms with Crippen molar-refractivity contribution in [2.75, 3.05) is 38.8 Å². The van der Waals surface area contributed by atoms with E-state index in [9.17, 15) is 4.79 Å². The first-order chi connectivity index (χ1) is 16.1. The highest BCUT2D eigenvalue weighted by Gasteiger charge is 2.22. The van der Waals surface area contributed by atoms with Crippen LogP contribution in [0.2, 0.25) is 0 Å². The van der Waals surface area contributed by atoms with Gasteiger partial charge in [0.2, 0.25) is 5.88 Å². The smallest absolute Gasteiger partial charge is 0.279 e. The summed E-state index contributed by atoms with van der Waals surface area (Å²) in [5, 5.41) is 3.20. The van der Waals surface area contributed by atoms with Crippen LogP contribution in [0.1, 0.15) is 5.56 Å². The van der Waals surface area contributed by atoms with Crippen molar-refractivity contribution in [1.29, 1.82) is 0 Å². The van der Waals surface area contributed by atoms with Crippen LogP contribution in [0.15, 0.2) is 60.9 Å². The van der Waals surface area contributed by atoms with Gasteiger partial charge in [0.15, 0.2) is 0 Å². The maximum absolute atomic E-state index is 11.3. The van der Waals surface area contributed by atoms with Crippen molar-refractivity contribution in [3.63, 3.8) is 0 Å². The standard InChI is InChI=1S/C24H26N4O4S/c1-28(22-14-23(27-16-26-22)32-20-9-7-18(30-2)8-10-20)11-12-31-19-5-3-17(4-6-19)13-21-15-25-24(29)33-21/h3-10,14,16,21H,11-13,15H2,1-2H3,(H,25,29). The summed E-state index contributed by atoms with van der Waals surface area (Å²) in [5.41, 5.74) is 1.19. The van der Waals surface area contributed by atoms with Gasteiger partial charge in [-0.05, 0) is 48.4 Å². The first-order valence-electron chi connectivity index (χ1n) is 10.6. The largest absolute Gasteiger partial charge is 0.497 e. The average molecular weight is 467 g/mol. The molecule has 9 heteroatoms. The van der Waals surface area contributed by atoms with Gasteiger partial charge in [0, 0.05) is 24.9 Å². The maximum atomic E-state index is 11.3. The number of aromatic nitrogens is 2. The molecule has 0 spiro atoms. The molecule has 4 rings (SSSR count). The SMILES string of the molecule is COc1ccc(Oc2cc(N(C)CCOc3ccc(CC4CNC(=O)S4)cc3)ncn2)cc1. The number of thioether (sulfide) groups is 1. The summed E-state index contributed by atoms with van der Waals surface area (Å²) in [6, 6.07) is 17.1. The first-order valence-corrected chi connectivity index (χ1v) is 11.5. The van der Waals surface area contributed by atoms with E-state index in [-0.39, 0.29) is 5.24 Å². The number of anilines is 1. The van der Waals surface area contributed by atoms with Gasteiger partial charge in [-0.15, -0.1) is 0 Å². The predicted octanol–water partition coefficient (Wildman–Crippen LogP) is 4.16. The molecule has 1 fully saturated rings. The van der Waals surface area contributed by atoms with Gasteiger partial charge < -0.3 is 24.4 Å². The lowest BCUT2D eigenvalue weighted by Crippen LogP contribution is -2.24. The number of nitrogens with one attached hydrogen (secondary N) is 1. The molecule has 1 aromatic heterocycles. The number of carbonyl (C=O) groups is 1. The van der Waals surface area contributed by atoms with Gasteiger partial charge in [0.25, 0.3) is 5.24 Å². The summed E-state index contributed by atoms with van der Waals surface area (Å²) in [6.45, 7) is 1.88. The summed E-state index contributed by atoms with van der Waals surface area (Å²) < 4.78 is 16.9. The molecule has 0 bridgehead atoms. The highest BCUT2D eigenvalue weighted by molar-refractivity contribution is 8.14. The topological polar surface area (TPSA) is 85.8 Å². The Labute approximate surface area is 197 Å². The Bertz CT molecular complexity index is 1060. The van der Waals surface area contributed by atoms with E-state index in [0.29, 0.717) is 30.0 Å². The van der Waals surface area contributed by atoms with Crippen molar-refractivity contribution >= 4 is 22.8 Å². The van der Waals surface area contributed by atoms with Crippen LogP contribution < -0.4 is 24.4 Å². The van der Waals surface area contributed by atoms with E-state index in [0.717, 1.165) is 30.3 Å². The zero-order valence-corrected chi connectivity index (χ0v) is 19.4. The highest BCUT2D eigenvalue weighted by Crippen LogP contribution is 2.25. The monoisotopic (exact) mass is 466 g/mol. The van der Waals surface area contributed by atoms with Gasteiger partial charge in [0.05, 0.1) is 13.7 Å². The van der Waals surface area contributed by atoms with Crippen molar-refractivity contribution in [2.45, 2.75) is 11.7 Å². The molecule has 3 aromatic rings. The fourth-order valence-electron chi connectivity index (χ4n) is 3.30. The number of likely N-dealkylation sites (N-methyl/N-ethyl adjacent to an activating group) is 1. The summed E-state index contributed by atoms with van der Waals surface area (Å²) in [4.78, 5) is 21.8. The molecular weight excluding hydrogens is 440 g/mol. The van der Waals surface area contributed by atoms with Gasteiger partial charge in [-0.3, -0.25) is 4.79 Å². The van der Waals surface area contributed by atoms with Crippen LogP contribution in [0.3, 0.4) is 0 Å². The van der Waals surface area contributed by atoms with Crippen LogP contribution in [0.4, 0.5) is 10.6 Å². The minimum absolute atomic E-state index is 0.0622. The second-order valence-electron chi connectivity index (χ2n) is 7.52. The molecule has 33 heavy (non-hydrogen) atoms. The van der Waals surface area contributed by atoms with Crippen LogP contribution in [-0.4, -0.2) is 54.3 Å². The molecule has 8 nitrogen and oxygen atoms in total. The Hall–Kier alpha value is -3.46. The molecule has 2 heterocycles. The second-order valence-corrected chi connectivity index (χ2v) is 8.79. The number of rotatable bonds is 10. The summed E-state index contributed by atoms with van der Waals surface area (Å²) in [7, 11) is 3.57. The van der Waals surface area contributed by atoms with E-state index in [1.807, 2.05) is 48.3 Å². The van der Waals surface area contributed by atoms with Crippen LogP contribution >= 0.6 is 11.8 Å². The van der Waals surface area contributed by atoms with Gasteiger partial charge >= 0.3 is 0 Å². The molecule has 0 aliphatic carbocycles. The Balaban J connectivity index is 1.25. The molecule has 1 amide bonds. The summed E-state index contributed by atoms with van der Waals surface area (Å²) in [5.74, 6) is 3.45. The van der Waals surface area contributed by atoms with Crippen molar-refractivity contribution < 1.29 is 19.0 Å². The summed E-state index contributed by atoms with van der Waals surface area (Å²) >= 11 is 1.37. The lowest BCUT2D eigenvalue weighted by atomic mass is 10.1. The van der Waals surface area contributed by atoms with Gasteiger partial charge in [-0.2, -0.15) is 0 Å². The molecule has 1 aliphatic heterocycles. The van der Waals surface area contributed by atoms with E-state index in [2.05, 4.69) is 27.4 Å². The van der Waals surface area contributed by atoms with E-state index in [1.54, 1.807) is 13.2 Å². The molecular formula is C24H26N4O4S. The molecule has 1 saturated heterocycles. The third-order valence-electron chi connectivity index (χ3n) is 5.13. The number of nitrogens with zero attached hydrogens (tertiary/aromatic N) is 3. The van der Waals surface area contributed by atoms with Crippen molar-refractivity contribution in [1.82, 2.24) is 15.3 Å². The Morgan fingerprint density at radius 2 is 1.79 bits per heavy atom. The Kier molecular flexibility index (Phi) is 7.51. The molecule has 1 unspecified atom stereocenters. The molecule has 1 N–H and O–H groups in total. The summed E-state index contributed by atoms with van der Waals surface area (Å²) in [6.07, 6.45) is 2.34. The van der Waals surface area contributed by atoms with Crippen LogP contribution in [0.25, 0.3) is 0 Å². The molecule has 2 aromatic carbocycles. The van der Waals surface area contributed by atoms with Crippen LogP contribution in [0.5, 0.6) is 23.1 Å². The normalized spacial score (nSPS) is 15.1. The second kappa shape index (κ2) is 10.9. The minimum Gasteiger partial charge on any atom is -0.497 e. The quantitative estimate of drug-likeness (QED) is 0.477. The minimum atomic E-state index is 0.0622. The van der Waals surface area contributed by atoms with Crippen molar-refractivity contribution in [3.8, 4) is 23.1 Å². The molecule has 172 valence electrons. The van der Waals surface area contributed by atoms with E-state index >= 15 is 0 Å². The third kappa shape index (κ3) is 6.52. The molecule has 0 radical (unpaired) electrons. The Morgan fingerprint density at radius 1 is 1.06 bits per heavy atom. The van der Waals surface area contributed by atoms with Gasteiger partial charge in [-0.1, -0.05) is 23.9 Å². The number of hydrogen-bond donors (Lipinski definition) is 1. The Morgan fingerprint density at radius 3 is 2.48 bits per heavy atom. The number of ether oxygens (including phenoxy) is 3. The number of methoxy groups -OCH3 is 1. The van der Waals surface area contributed by atoms with Crippen LogP contribution in [-0.2, 0) is 6.42 Å². The fraction of sp³-hybridized carbons (Fsp3) is 0.292. The zero-order chi connectivity index (χ0) is 23.0. The number of hydrogen-bond acceptors (Lipinski definition) is 8. The first kappa shape index (κ1) is 22.7.